The molecule has 1 aliphatic heterocycles. The first-order valence-corrected chi connectivity index (χ1v) is 9.60. The molecular formula is C19H25N5O3. The van der Waals surface area contributed by atoms with Gasteiger partial charge in [0.25, 0.3) is 5.91 Å². The predicted molar refractivity (Wildman–Crippen MR) is 97.1 cm³/mol. The minimum absolute atomic E-state index is 0.0438. The number of hydrogen-bond acceptors (Lipinski definition) is 6. The topological polar surface area (TPSA) is 102 Å². The number of nitrogens with one attached hydrogen (secondary N) is 1. The van der Waals surface area contributed by atoms with E-state index in [0.717, 1.165) is 31.5 Å². The fourth-order valence-electron chi connectivity index (χ4n) is 3.52. The molecule has 1 amide bonds. The van der Waals surface area contributed by atoms with Crippen LogP contribution >= 0.6 is 0 Å². The van der Waals surface area contributed by atoms with Gasteiger partial charge in [0.2, 0.25) is 0 Å². The molecule has 4 rings (SSSR count). The summed E-state index contributed by atoms with van der Waals surface area (Å²) in [6.07, 6.45) is 9.68. The Morgan fingerprint density at radius 1 is 1.33 bits per heavy atom. The fraction of sp³-hybridized carbons (Fsp3) is 0.579. The van der Waals surface area contributed by atoms with Crippen LogP contribution in [0.3, 0.4) is 0 Å². The average Bonchev–Trinajstić information content (AvgIpc) is 3.46. The average molecular weight is 371 g/mol. The van der Waals surface area contributed by atoms with Gasteiger partial charge in [-0.2, -0.15) is 0 Å². The first-order valence-electron chi connectivity index (χ1n) is 9.60. The normalized spacial score (nSPS) is 25.3. The third kappa shape index (κ3) is 4.51. The van der Waals surface area contributed by atoms with Crippen LogP contribution in [0.25, 0.3) is 0 Å². The summed E-state index contributed by atoms with van der Waals surface area (Å²) in [4.78, 5) is 16.3. The number of aromatic nitrogens is 4. The summed E-state index contributed by atoms with van der Waals surface area (Å²) >= 11 is 0. The third-order valence-electron chi connectivity index (χ3n) is 5.27. The van der Waals surface area contributed by atoms with E-state index in [4.69, 9.17) is 4.74 Å². The number of hydrogen-bond donors (Lipinski definition) is 2. The molecule has 0 bridgehead atoms. The third-order valence-corrected chi connectivity index (χ3v) is 5.27. The van der Waals surface area contributed by atoms with Crippen molar-refractivity contribution in [2.75, 3.05) is 6.61 Å². The first kappa shape index (κ1) is 18.1. The smallest absolute Gasteiger partial charge is 0.253 e. The lowest BCUT2D eigenvalue weighted by molar-refractivity contribution is -0.0912. The number of carbonyl (C=O) groups excluding carboxylic acids is 1. The molecule has 2 aromatic heterocycles. The number of nitrogens with zero attached hydrogens (tertiary/aromatic N) is 4. The Hall–Kier alpha value is -2.32. The van der Waals surface area contributed by atoms with E-state index in [1.54, 1.807) is 18.3 Å². The molecule has 1 aliphatic carbocycles. The van der Waals surface area contributed by atoms with E-state index in [1.165, 1.54) is 19.0 Å². The van der Waals surface area contributed by atoms with E-state index in [9.17, 15) is 9.90 Å². The lowest BCUT2D eigenvalue weighted by atomic mass is 9.97. The van der Waals surface area contributed by atoms with Gasteiger partial charge in [-0.15, -0.1) is 5.10 Å². The van der Waals surface area contributed by atoms with Gasteiger partial charge in [0.05, 0.1) is 30.0 Å². The summed E-state index contributed by atoms with van der Waals surface area (Å²) in [6, 6.07) is 3.24. The summed E-state index contributed by atoms with van der Waals surface area (Å²) < 4.78 is 7.91. The van der Waals surface area contributed by atoms with Gasteiger partial charge < -0.3 is 15.2 Å². The van der Waals surface area contributed by atoms with E-state index >= 15 is 0 Å². The van der Waals surface area contributed by atoms with Crippen LogP contribution in [0.5, 0.6) is 0 Å². The Kier molecular flexibility index (Phi) is 5.45. The van der Waals surface area contributed by atoms with E-state index in [2.05, 4.69) is 20.6 Å². The van der Waals surface area contributed by atoms with E-state index < -0.39 is 6.10 Å². The van der Waals surface area contributed by atoms with E-state index in [-0.39, 0.29) is 24.7 Å². The Morgan fingerprint density at radius 3 is 2.96 bits per heavy atom. The zero-order valence-corrected chi connectivity index (χ0v) is 15.2. The summed E-state index contributed by atoms with van der Waals surface area (Å²) in [5.41, 5.74) is 1.60. The van der Waals surface area contributed by atoms with Crippen LogP contribution in [-0.4, -0.2) is 55.8 Å². The van der Waals surface area contributed by atoms with Gasteiger partial charge in [-0.3, -0.25) is 14.5 Å². The number of aliphatic hydroxyl groups is 1. The highest BCUT2D eigenvalue weighted by Crippen LogP contribution is 2.38. The number of ether oxygens (including phenoxy) is 1. The Bertz CT molecular complexity index is 762. The molecule has 3 heterocycles. The minimum atomic E-state index is -0.401. The van der Waals surface area contributed by atoms with Crippen molar-refractivity contribution in [2.45, 2.75) is 62.8 Å². The van der Waals surface area contributed by atoms with Crippen molar-refractivity contribution >= 4 is 5.91 Å². The van der Waals surface area contributed by atoms with Crippen molar-refractivity contribution in [2.24, 2.45) is 0 Å². The van der Waals surface area contributed by atoms with Crippen molar-refractivity contribution in [1.29, 1.82) is 0 Å². The molecule has 3 atom stereocenters. The second-order valence-corrected chi connectivity index (χ2v) is 7.35. The summed E-state index contributed by atoms with van der Waals surface area (Å²) in [6.45, 7) is 0.624. The molecule has 0 spiro atoms. The van der Waals surface area contributed by atoms with Crippen molar-refractivity contribution in [3.8, 4) is 0 Å². The van der Waals surface area contributed by atoms with Crippen molar-refractivity contribution < 1.29 is 14.6 Å². The Labute approximate surface area is 157 Å². The number of amides is 1. The largest absolute Gasteiger partial charge is 0.394 e. The van der Waals surface area contributed by atoms with Gasteiger partial charge in [-0.1, -0.05) is 5.21 Å². The molecule has 1 saturated carbocycles. The monoisotopic (exact) mass is 371 g/mol. The first-order chi connectivity index (χ1) is 13.2. The molecule has 0 aromatic carbocycles. The highest BCUT2D eigenvalue weighted by atomic mass is 16.5. The highest BCUT2D eigenvalue weighted by Gasteiger charge is 2.32. The highest BCUT2D eigenvalue weighted by molar-refractivity contribution is 5.94. The van der Waals surface area contributed by atoms with Crippen molar-refractivity contribution in [1.82, 2.24) is 25.3 Å². The minimum Gasteiger partial charge on any atom is -0.394 e. The summed E-state index contributed by atoms with van der Waals surface area (Å²) in [7, 11) is 0. The number of carbonyl (C=O) groups is 1. The molecule has 1 saturated heterocycles. The maximum Gasteiger partial charge on any atom is 0.253 e. The number of pyridine rings is 1. The molecule has 0 unspecified atom stereocenters. The quantitative estimate of drug-likeness (QED) is 0.760. The standard InChI is InChI=1S/C19H25N5O3/c25-12-18-16(21-19(26)14-2-1-8-20-10-14)6-5-15(27-18)7-9-24-11-17(22-23-24)13-3-4-13/h1-2,8,10-11,13,15-16,18,25H,3-7,9,12H2,(H,21,26)/t15-,16+,18-/m1/s1. The van der Waals surface area contributed by atoms with Crippen LogP contribution in [-0.2, 0) is 11.3 Å². The van der Waals surface area contributed by atoms with Crippen molar-refractivity contribution in [3.63, 3.8) is 0 Å². The molecule has 8 heteroatoms. The molecule has 8 nitrogen and oxygen atoms in total. The van der Waals surface area contributed by atoms with Gasteiger partial charge in [0.15, 0.2) is 0 Å². The lowest BCUT2D eigenvalue weighted by Crippen LogP contribution is -2.51. The number of aliphatic hydroxyl groups excluding tert-OH is 1. The maximum absolute atomic E-state index is 12.3. The Balaban J connectivity index is 1.27. The molecule has 0 radical (unpaired) electrons. The Morgan fingerprint density at radius 2 is 2.22 bits per heavy atom. The number of aryl methyl sites for hydroxylation is 1. The van der Waals surface area contributed by atoms with Crippen LogP contribution in [0, 0.1) is 0 Å². The molecular weight excluding hydrogens is 346 g/mol. The van der Waals surface area contributed by atoms with Crippen LogP contribution in [0.15, 0.2) is 30.7 Å². The molecule has 144 valence electrons. The van der Waals surface area contributed by atoms with Gasteiger partial charge in [-0.25, -0.2) is 0 Å². The summed E-state index contributed by atoms with van der Waals surface area (Å²) in [5, 5.41) is 21.1. The van der Waals surface area contributed by atoms with Gasteiger partial charge in [0.1, 0.15) is 6.10 Å². The van der Waals surface area contributed by atoms with Crippen LogP contribution in [0.4, 0.5) is 0 Å². The van der Waals surface area contributed by atoms with Crippen LogP contribution in [0.1, 0.15) is 54.1 Å². The van der Waals surface area contributed by atoms with Crippen LogP contribution in [0.2, 0.25) is 0 Å². The number of rotatable bonds is 7. The van der Waals surface area contributed by atoms with Gasteiger partial charge in [-0.05, 0) is 44.2 Å². The molecule has 2 N–H and O–H groups in total. The van der Waals surface area contributed by atoms with Crippen LogP contribution < -0.4 is 5.32 Å². The molecule has 2 aromatic rings. The maximum atomic E-state index is 12.3. The van der Waals surface area contributed by atoms with Gasteiger partial charge in [0, 0.05) is 31.1 Å². The molecule has 2 aliphatic rings. The van der Waals surface area contributed by atoms with Crippen molar-refractivity contribution in [3.05, 3.63) is 42.0 Å². The van der Waals surface area contributed by atoms with E-state index in [0.29, 0.717) is 11.5 Å². The van der Waals surface area contributed by atoms with E-state index in [1.807, 2.05) is 10.9 Å². The second-order valence-electron chi connectivity index (χ2n) is 7.35. The predicted octanol–water partition coefficient (Wildman–Crippen LogP) is 1.28. The van der Waals surface area contributed by atoms with Gasteiger partial charge >= 0.3 is 0 Å². The SMILES string of the molecule is O=C(N[C@H]1CC[C@H](CCn2cc(C3CC3)nn2)O[C@@H]1CO)c1cccnc1. The fourth-order valence-corrected chi connectivity index (χ4v) is 3.52. The second kappa shape index (κ2) is 8.14. The molecule has 27 heavy (non-hydrogen) atoms. The lowest BCUT2D eigenvalue weighted by Gasteiger charge is -2.36. The molecule has 2 fully saturated rings. The summed E-state index contributed by atoms with van der Waals surface area (Å²) in [5.74, 6) is 0.413. The zero-order valence-electron chi connectivity index (χ0n) is 15.2. The zero-order chi connectivity index (χ0) is 18.6.